The maximum atomic E-state index is 12.4. The maximum absolute atomic E-state index is 12.4. The first kappa shape index (κ1) is 14.3. The molecule has 0 aromatic carbocycles. The first-order valence-corrected chi connectivity index (χ1v) is 7.94. The van der Waals surface area contributed by atoms with Gasteiger partial charge in [0.05, 0.1) is 0 Å². The van der Waals surface area contributed by atoms with Gasteiger partial charge in [-0.05, 0) is 24.5 Å². The third-order valence-electron chi connectivity index (χ3n) is 3.16. The molecular weight excluding hydrogens is 288 g/mol. The van der Waals surface area contributed by atoms with E-state index in [0.29, 0.717) is 0 Å². The SMILES string of the molecule is CCCC1CC(=O)N(S(=O)(=O)c2cccnc2Cl)C1. The largest absolute Gasteiger partial charge is 0.274 e. The Morgan fingerprint density at radius 2 is 2.26 bits per heavy atom. The van der Waals surface area contributed by atoms with Crippen LogP contribution in [0.4, 0.5) is 0 Å². The number of carbonyl (C=O) groups is 1. The minimum Gasteiger partial charge on any atom is -0.274 e. The Bertz CT molecular complexity index is 588. The zero-order chi connectivity index (χ0) is 14.0. The van der Waals surface area contributed by atoms with E-state index in [0.717, 1.165) is 17.1 Å². The van der Waals surface area contributed by atoms with Crippen molar-refractivity contribution in [3.8, 4) is 0 Å². The molecule has 0 radical (unpaired) electrons. The van der Waals surface area contributed by atoms with Gasteiger partial charge in [-0.25, -0.2) is 17.7 Å². The summed E-state index contributed by atoms with van der Waals surface area (Å²) in [6.45, 7) is 2.25. The summed E-state index contributed by atoms with van der Waals surface area (Å²) in [4.78, 5) is 15.5. The van der Waals surface area contributed by atoms with Crippen molar-refractivity contribution in [2.24, 2.45) is 5.92 Å². The lowest BCUT2D eigenvalue weighted by molar-refractivity contribution is -0.123. The van der Waals surface area contributed by atoms with Gasteiger partial charge in [-0.3, -0.25) is 4.79 Å². The lowest BCUT2D eigenvalue weighted by atomic mass is 10.0. The van der Waals surface area contributed by atoms with Crippen molar-refractivity contribution in [2.75, 3.05) is 6.54 Å². The van der Waals surface area contributed by atoms with Gasteiger partial charge < -0.3 is 0 Å². The molecule has 0 saturated carbocycles. The van der Waals surface area contributed by atoms with E-state index in [1.807, 2.05) is 6.92 Å². The highest BCUT2D eigenvalue weighted by atomic mass is 35.5. The molecule has 1 aliphatic heterocycles. The standard InChI is InChI=1S/C12H15ClN2O3S/c1-2-4-9-7-11(16)15(8-9)19(17,18)10-5-3-6-14-12(10)13/h3,5-6,9H,2,4,7-8H2,1H3. The monoisotopic (exact) mass is 302 g/mol. The fourth-order valence-electron chi connectivity index (χ4n) is 2.27. The van der Waals surface area contributed by atoms with Crippen LogP contribution in [-0.4, -0.2) is 30.2 Å². The molecule has 0 bridgehead atoms. The predicted molar refractivity (Wildman–Crippen MR) is 71.2 cm³/mol. The Morgan fingerprint density at radius 1 is 1.53 bits per heavy atom. The van der Waals surface area contributed by atoms with E-state index in [4.69, 9.17) is 11.6 Å². The zero-order valence-corrected chi connectivity index (χ0v) is 12.1. The number of nitrogens with zero attached hydrogens (tertiary/aromatic N) is 2. The van der Waals surface area contributed by atoms with Crippen molar-refractivity contribution in [1.29, 1.82) is 0 Å². The van der Waals surface area contributed by atoms with Gasteiger partial charge in [-0.15, -0.1) is 0 Å². The van der Waals surface area contributed by atoms with Crippen molar-refractivity contribution in [2.45, 2.75) is 31.1 Å². The van der Waals surface area contributed by atoms with Crippen LogP contribution in [0.3, 0.4) is 0 Å². The molecule has 19 heavy (non-hydrogen) atoms. The number of sulfonamides is 1. The number of halogens is 1. The molecule has 1 unspecified atom stereocenters. The number of hydrogen-bond donors (Lipinski definition) is 0. The molecule has 0 aliphatic carbocycles. The van der Waals surface area contributed by atoms with Gasteiger partial charge in [0, 0.05) is 19.2 Å². The average Bonchev–Trinajstić information content (AvgIpc) is 2.72. The Balaban J connectivity index is 2.31. The molecule has 1 saturated heterocycles. The molecule has 1 aliphatic rings. The molecule has 7 heteroatoms. The van der Waals surface area contributed by atoms with Crippen LogP contribution in [0.25, 0.3) is 0 Å². The summed E-state index contributed by atoms with van der Waals surface area (Å²) in [5.74, 6) is -0.263. The molecule has 1 amide bonds. The Hall–Kier alpha value is -1.14. The number of hydrogen-bond acceptors (Lipinski definition) is 4. The third kappa shape index (κ3) is 2.74. The van der Waals surface area contributed by atoms with Gasteiger partial charge in [-0.1, -0.05) is 24.9 Å². The number of pyridine rings is 1. The third-order valence-corrected chi connectivity index (χ3v) is 5.39. The molecule has 1 aromatic heterocycles. The fraction of sp³-hybridized carbons (Fsp3) is 0.500. The highest BCUT2D eigenvalue weighted by Gasteiger charge is 2.38. The molecule has 5 nitrogen and oxygen atoms in total. The number of amides is 1. The van der Waals surface area contributed by atoms with Crippen LogP contribution in [0, 0.1) is 5.92 Å². The van der Waals surface area contributed by atoms with Gasteiger partial charge in [0.1, 0.15) is 10.0 Å². The summed E-state index contributed by atoms with van der Waals surface area (Å²) in [5.41, 5.74) is 0. The second-order valence-corrected chi connectivity index (χ2v) is 6.77. The molecule has 1 fully saturated rings. The number of rotatable bonds is 4. The highest BCUT2D eigenvalue weighted by Crippen LogP contribution is 2.30. The summed E-state index contributed by atoms with van der Waals surface area (Å²) in [6.07, 6.45) is 3.47. The van der Waals surface area contributed by atoms with E-state index >= 15 is 0 Å². The Labute approximate surface area is 117 Å². The lowest BCUT2D eigenvalue weighted by Gasteiger charge is -2.17. The number of aromatic nitrogens is 1. The van der Waals surface area contributed by atoms with Crippen LogP contribution in [0.1, 0.15) is 26.2 Å². The van der Waals surface area contributed by atoms with E-state index in [-0.39, 0.29) is 34.8 Å². The first-order chi connectivity index (χ1) is 8.96. The van der Waals surface area contributed by atoms with Gasteiger partial charge in [0.2, 0.25) is 5.91 Å². The molecule has 1 atom stereocenters. The smallest absolute Gasteiger partial charge is 0.269 e. The molecule has 0 N–H and O–H groups in total. The normalized spacial score (nSPS) is 20.0. The van der Waals surface area contributed by atoms with Crippen molar-refractivity contribution >= 4 is 27.5 Å². The first-order valence-electron chi connectivity index (χ1n) is 6.13. The zero-order valence-electron chi connectivity index (χ0n) is 10.5. The van der Waals surface area contributed by atoms with E-state index in [1.54, 1.807) is 0 Å². The minimum absolute atomic E-state index is 0.0997. The summed E-state index contributed by atoms with van der Waals surface area (Å²) in [6, 6.07) is 2.86. The molecule has 2 heterocycles. The summed E-state index contributed by atoms with van der Waals surface area (Å²) >= 11 is 5.80. The molecule has 1 aromatic rings. The topological polar surface area (TPSA) is 67.3 Å². The Morgan fingerprint density at radius 3 is 2.89 bits per heavy atom. The van der Waals surface area contributed by atoms with Crippen LogP contribution in [0.15, 0.2) is 23.2 Å². The second-order valence-electron chi connectivity index (χ2n) is 4.58. The van der Waals surface area contributed by atoms with E-state index in [1.165, 1.54) is 18.3 Å². The second kappa shape index (κ2) is 5.46. The lowest BCUT2D eigenvalue weighted by Crippen LogP contribution is -2.32. The Kier molecular flexibility index (Phi) is 4.10. The van der Waals surface area contributed by atoms with Crippen molar-refractivity contribution < 1.29 is 13.2 Å². The summed E-state index contributed by atoms with van der Waals surface area (Å²) < 4.78 is 25.7. The highest BCUT2D eigenvalue weighted by molar-refractivity contribution is 7.89. The van der Waals surface area contributed by atoms with E-state index in [9.17, 15) is 13.2 Å². The number of carbonyl (C=O) groups excluding carboxylic acids is 1. The molecule has 0 spiro atoms. The summed E-state index contributed by atoms with van der Waals surface area (Å²) in [7, 11) is -3.88. The van der Waals surface area contributed by atoms with Gasteiger partial charge in [-0.2, -0.15) is 0 Å². The van der Waals surface area contributed by atoms with Gasteiger partial charge in [0.25, 0.3) is 10.0 Å². The van der Waals surface area contributed by atoms with Gasteiger partial charge >= 0.3 is 0 Å². The molecule has 2 rings (SSSR count). The van der Waals surface area contributed by atoms with E-state index < -0.39 is 10.0 Å². The van der Waals surface area contributed by atoms with Crippen molar-refractivity contribution in [3.63, 3.8) is 0 Å². The molecule has 104 valence electrons. The van der Waals surface area contributed by atoms with Crippen molar-refractivity contribution in [3.05, 3.63) is 23.5 Å². The van der Waals surface area contributed by atoms with Gasteiger partial charge in [0.15, 0.2) is 0 Å². The van der Waals surface area contributed by atoms with Crippen LogP contribution < -0.4 is 0 Å². The average molecular weight is 303 g/mol. The van der Waals surface area contributed by atoms with E-state index in [2.05, 4.69) is 4.98 Å². The van der Waals surface area contributed by atoms with Crippen LogP contribution in [0.2, 0.25) is 5.15 Å². The van der Waals surface area contributed by atoms with Crippen LogP contribution in [-0.2, 0) is 14.8 Å². The van der Waals surface area contributed by atoms with Crippen LogP contribution in [0.5, 0.6) is 0 Å². The molecular formula is C12H15ClN2O3S. The fourth-order valence-corrected chi connectivity index (χ4v) is 4.18. The summed E-state index contributed by atoms with van der Waals surface area (Å²) in [5, 5.41) is -0.103. The maximum Gasteiger partial charge on any atom is 0.269 e. The van der Waals surface area contributed by atoms with Crippen LogP contribution >= 0.6 is 11.6 Å². The minimum atomic E-state index is -3.88. The van der Waals surface area contributed by atoms with Crippen molar-refractivity contribution in [1.82, 2.24) is 9.29 Å². The predicted octanol–water partition coefficient (Wildman–Crippen LogP) is 2.07. The quantitative estimate of drug-likeness (QED) is 0.799.